The second kappa shape index (κ2) is 53.2. The topological polar surface area (TPSA) is 78.9 Å². The maximum atomic E-state index is 12.6. The van der Waals surface area contributed by atoms with Crippen LogP contribution >= 0.6 is 0 Å². The Morgan fingerprint density at radius 2 is 0.600 bits per heavy atom. The van der Waals surface area contributed by atoms with Crippen LogP contribution in [0.2, 0.25) is 0 Å². The van der Waals surface area contributed by atoms with Gasteiger partial charge in [-0.05, 0) is 77.0 Å². The van der Waals surface area contributed by atoms with Gasteiger partial charge in [0, 0.05) is 19.3 Å². The molecular weight excluding hydrogens is 805 g/mol. The molecule has 6 heteroatoms. The van der Waals surface area contributed by atoms with Crippen LogP contribution in [0.4, 0.5) is 0 Å². The molecule has 1 unspecified atom stereocenters. The third-order valence-electron chi connectivity index (χ3n) is 11.4. The molecule has 372 valence electrons. The molecule has 6 nitrogen and oxygen atoms in total. The lowest BCUT2D eigenvalue weighted by Crippen LogP contribution is -2.30. The van der Waals surface area contributed by atoms with E-state index in [9.17, 15) is 14.4 Å². The van der Waals surface area contributed by atoms with Gasteiger partial charge < -0.3 is 14.2 Å². The van der Waals surface area contributed by atoms with Gasteiger partial charge in [-0.15, -0.1) is 0 Å². The largest absolute Gasteiger partial charge is 0.462 e. The maximum absolute atomic E-state index is 12.6. The second-order valence-corrected chi connectivity index (χ2v) is 17.8. The standard InChI is InChI=1S/C59H100O6/c1-4-7-10-13-16-17-18-19-20-21-22-23-24-25-26-27-28-29-30-31-32-33-34-35-36-37-38-39-40-41-44-46-49-52-58(61)64-55-56(65-59(62)53-50-47-43-15-12-9-6-3)54-63-57(60)51-48-45-42-14-11-8-5-2/h7,10,16-17,19-20,22-23,25-26,28-29,31-32,56H,4-6,8-9,11-15,18,21,24,27,30,33-55H2,1-3H3/b10-7-,17-16-,20-19-,23-22-,26-25-,29-28-,32-31-. The van der Waals surface area contributed by atoms with E-state index in [1.807, 2.05) is 0 Å². The van der Waals surface area contributed by atoms with Crippen molar-refractivity contribution in [1.29, 1.82) is 0 Å². The zero-order valence-electron chi connectivity index (χ0n) is 42.5. The van der Waals surface area contributed by atoms with Crippen LogP contribution in [0.25, 0.3) is 0 Å². The summed E-state index contributed by atoms with van der Waals surface area (Å²) in [5, 5.41) is 0. The van der Waals surface area contributed by atoms with Crippen molar-refractivity contribution >= 4 is 17.9 Å². The van der Waals surface area contributed by atoms with Crippen molar-refractivity contribution in [2.45, 2.75) is 258 Å². The van der Waals surface area contributed by atoms with Crippen molar-refractivity contribution in [2.24, 2.45) is 0 Å². The molecule has 0 aromatic heterocycles. The molecule has 0 aliphatic rings. The van der Waals surface area contributed by atoms with Gasteiger partial charge in [-0.25, -0.2) is 0 Å². The Labute approximate surface area is 401 Å². The molecule has 0 aromatic carbocycles. The van der Waals surface area contributed by atoms with Gasteiger partial charge in [0.05, 0.1) is 0 Å². The number of carbonyl (C=O) groups is 3. The number of carbonyl (C=O) groups excluding carboxylic acids is 3. The first-order valence-electron chi connectivity index (χ1n) is 27.1. The maximum Gasteiger partial charge on any atom is 0.306 e. The molecule has 0 radical (unpaired) electrons. The Balaban J connectivity index is 3.95. The van der Waals surface area contributed by atoms with Crippen LogP contribution in [-0.2, 0) is 28.6 Å². The molecule has 0 aliphatic heterocycles. The van der Waals surface area contributed by atoms with E-state index in [4.69, 9.17) is 14.2 Å². The number of hydrogen-bond donors (Lipinski definition) is 0. The molecule has 0 spiro atoms. The summed E-state index contributed by atoms with van der Waals surface area (Å²) < 4.78 is 16.6. The Morgan fingerprint density at radius 1 is 0.323 bits per heavy atom. The van der Waals surface area contributed by atoms with Gasteiger partial charge in [-0.2, -0.15) is 0 Å². The summed E-state index contributed by atoms with van der Waals surface area (Å²) in [4.78, 5) is 37.6. The van der Waals surface area contributed by atoms with E-state index in [1.165, 1.54) is 109 Å². The van der Waals surface area contributed by atoms with Crippen LogP contribution in [0.5, 0.6) is 0 Å². The van der Waals surface area contributed by atoms with E-state index in [1.54, 1.807) is 0 Å². The third-order valence-corrected chi connectivity index (χ3v) is 11.4. The highest BCUT2D eigenvalue weighted by atomic mass is 16.6. The van der Waals surface area contributed by atoms with Gasteiger partial charge in [-0.3, -0.25) is 14.4 Å². The van der Waals surface area contributed by atoms with E-state index in [0.29, 0.717) is 19.3 Å². The summed E-state index contributed by atoms with van der Waals surface area (Å²) in [6.07, 6.45) is 69.1. The van der Waals surface area contributed by atoms with Gasteiger partial charge in [0.25, 0.3) is 0 Å². The molecule has 0 rings (SSSR count). The summed E-state index contributed by atoms with van der Waals surface area (Å²) in [5.41, 5.74) is 0. The minimum Gasteiger partial charge on any atom is -0.462 e. The van der Waals surface area contributed by atoms with Crippen LogP contribution < -0.4 is 0 Å². The first-order chi connectivity index (χ1) is 32.0. The van der Waals surface area contributed by atoms with Gasteiger partial charge in [0.2, 0.25) is 0 Å². The Kier molecular flexibility index (Phi) is 50.4. The van der Waals surface area contributed by atoms with Gasteiger partial charge in [0.15, 0.2) is 6.10 Å². The zero-order chi connectivity index (χ0) is 47.2. The summed E-state index contributed by atoms with van der Waals surface area (Å²) in [7, 11) is 0. The Morgan fingerprint density at radius 3 is 0.938 bits per heavy atom. The van der Waals surface area contributed by atoms with Crippen LogP contribution in [-0.4, -0.2) is 37.2 Å². The fraction of sp³-hybridized carbons (Fsp3) is 0.712. The van der Waals surface area contributed by atoms with Crippen molar-refractivity contribution in [1.82, 2.24) is 0 Å². The molecular formula is C59H100O6. The molecule has 65 heavy (non-hydrogen) atoms. The van der Waals surface area contributed by atoms with Crippen LogP contribution in [0.1, 0.15) is 252 Å². The number of unbranched alkanes of at least 4 members (excludes halogenated alkanes) is 23. The molecule has 0 aliphatic carbocycles. The summed E-state index contributed by atoms with van der Waals surface area (Å²) >= 11 is 0. The summed E-state index contributed by atoms with van der Waals surface area (Å²) in [6, 6.07) is 0. The highest BCUT2D eigenvalue weighted by Crippen LogP contribution is 2.15. The average molecular weight is 905 g/mol. The van der Waals surface area contributed by atoms with Crippen molar-refractivity contribution < 1.29 is 28.6 Å². The SMILES string of the molecule is CC/C=C\C/C=C\C/C=C\C/C=C\C/C=C\C/C=C\C/C=C\CCCCCCCCCCCCCC(=O)OCC(COC(=O)CCCCCCCCC)OC(=O)CCCCCCCCC. The monoisotopic (exact) mass is 905 g/mol. The van der Waals surface area contributed by atoms with E-state index in [2.05, 4.69) is 106 Å². The quantitative estimate of drug-likeness (QED) is 0.0262. The van der Waals surface area contributed by atoms with Crippen molar-refractivity contribution in [3.63, 3.8) is 0 Å². The highest BCUT2D eigenvalue weighted by molar-refractivity contribution is 5.71. The summed E-state index contributed by atoms with van der Waals surface area (Å²) in [5.74, 6) is -0.891. The lowest BCUT2D eigenvalue weighted by molar-refractivity contribution is -0.167. The first-order valence-corrected chi connectivity index (χ1v) is 27.1. The molecule has 0 saturated heterocycles. The van der Waals surface area contributed by atoms with Crippen molar-refractivity contribution in [2.75, 3.05) is 13.2 Å². The first kappa shape index (κ1) is 61.6. The lowest BCUT2D eigenvalue weighted by atomic mass is 10.0. The minimum atomic E-state index is -0.768. The van der Waals surface area contributed by atoms with Crippen LogP contribution in [0.3, 0.4) is 0 Å². The fourth-order valence-corrected chi connectivity index (χ4v) is 7.36. The van der Waals surface area contributed by atoms with Crippen molar-refractivity contribution in [3.05, 3.63) is 85.1 Å². The normalized spacial score (nSPS) is 12.7. The number of rotatable bonds is 48. The molecule has 1 atom stereocenters. The Hall–Kier alpha value is -3.41. The van der Waals surface area contributed by atoms with Crippen molar-refractivity contribution in [3.8, 4) is 0 Å². The van der Waals surface area contributed by atoms with Gasteiger partial charge in [0.1, 0.15) is 13.2 Å². The molecule has 0 N–H and O–H groups in total. The second-order valence-electron chi connectivity index (χ2n) is 17.8. The molecule has 0 bridgehead atoms. The average Bonchev–Trinajstić information content (AvgIpc) is 3.30. The van der Waals surface area contributed by atoms with Crippen LogP contribution in [0, 0.1) is 0 Å². The highest BCUT2D eigenvalue weighted by Gasteiger charge is 2.19. The van der Waals surface area contributed by atoms with E-state index in [0.717, 1.165) is 103 Å². The van der Waals surface area contributed by atoms with E-state index < -0.39 is 6.10 Å². The minimum absolute atomic E-state index is 0.0744. The van der Waals surface area contributed by atoms with Crippen LogP contribution in [0.15, 0.2) is 85.1 Å². The summed E-state index contributed by atoms with van der Waals surface area (Å²) in [6.45, 7) is 6.43. The fourth-order valence-electron chi connectivity index (χ4n) is 7.36. The number of esters is 3. The molecule has 0 aromatic rings. The molecule has 0 fully saturated rings. The molecule has 0 saturated carbocycles. The Bertz CT molecular complexity index is 1270. The smallest absolute Gasteiger partial charge is 0.306 e. The predicted molar refractivity (Wildman–Crippen MR) is 279 cm³/mol. The zero-order valence-corrected chi connectivity index (χ0v) is 42.5. The lowest BCUT2D eigenvalue weighted by Gasteiger charge is -2.18. The number of hydrogen-bond acceptors (Lipinski definition) is 6. The molecule has 0 heterocycles. The predicted octanol–water partition coefficient (Wildman–Crippen LogP) is 18.0. The van der Waals surface area contributed by atoms with Gasteiger partial charge >= 0.3 is 17.9 Å². The number of allylic oxidation sites excluding steroid dienone is 14. The third kappa shape index (κ3) is 51.4. The molecule has 0 amide bonds. The van der Waals surface area contributed by atoms with Gasteiger partial charge in [-0.1, -0.05) is 241 Å². The van der Waals surface area contributed by atoms with E-state index >= 15 is 0 Å². The van der Waals surface area contributed by atoms with E-state index in [-0.39, 0.29) is 31.1 Å². The number of ether oxygens (including phenoxy) is 3.